The van der Waals surface area contributed by atoms with Crippen LogP contribution in [0.3, 0.4) is 0 Å². The molecule has 3 aromatic rings. The summed E-state index contributed by atoms with van der Waals surface area (Å²) in [5.74, 6) is 0.861. The van der Waals surface area contributed by atoms with Gasteiger partial charge in [-0.15, -0.1) is 0 Å². The van der Waals surface area contributed by atoms with Gasteiger partial charge in [0, 0.05) is 41.6 Å². The van der Waals surface area contributed by atoms with Crippen molar-refractivity contribution in [3.8, 4) is 11.4 Å². The number of hydrogen-bond donors (Lipinski definition) is 1. The normalized spacial score (nSPS) is 10.5. The molecule has 2 aromatic carbocycles. The van der Waals surface area contributed by atoms with Crippen LogP contribution in [-0.2, 0) is 6.54 Å². The summed E-state index contributed by atoms with van der Waals surface area (Å²) in [5.41, 5.74) is 1.71. The van der Waals surface area contributed by atoms with Gasteiger partial charge in [-0.2, -0.15) is 0 Å². The van der Waals surface area contributed by atoms with Gasteiger partial charge in [-0.05, 0) is 30.7 Å². The summed E-state index contributed by atoms with van der Waals surface area (Å²) in [5, 5.41) is 3.55. The summed E-state index contributed by atoms with van der Waals surface area (Å²) in [6, 6.07) is 17.0. The van der Waals surface area contributed by atoms with E-state index in [0.717, 1.165) is 24.4 Å². The molecule has 1 aromatic heterocycles. The molecule has 0 aliphatic rings. The van der Waals surface area contributed by atoms with E-state index in [9.17, 15) is 4.79 Å². The number of carbonyl (C=O) groups is 1. The molecule has 1 amide bonds. The first kappa shape index (κ1) is 16.3. The van der Waals surface area contributed by atoms with Crippen LogP contribution in [-0.4, -0.2) is 22.0 Å². The number of amides is 1. The second-order valence-corrected chi connectivity index (χ2v) is 5.86. The van der Waals surface area contributed by atoms with Gasteiger partial charge in [-0.3, -0.25) is 4.79 Å². The highest BCUT2D eigenvalue weighted by Gasteiger charge is 2.06. The third-order valence-electron chi connectivity index (χ3n) is 3.72. The zero-order valence-corrected chi connectivity index (χ0v) is 13.9. The third kappa shape index (κ3) is 4.03. The Morgan fingerprint density at radius 3 is 2.58 bits per heavy atom. The summed E-state index contributed by atoms with van der Waals surface area (Å²) in [4.78, 5) is 16.5. The lowest BCUT2D eigenvalue weighted by atomic mass is 10.2. The third-order valence-corrected chi connectivity index (χ3v) is 3.97. The highest BCUT2D eigenvalue weighted by atomic mass is 35.5. The highest BCUT2D eigenvalue weighted by molar-refractivity contribution is 6.30. The molecule has 0 radical (unpaired) electrons. The van der Waals surface area contributed by atoms with Crippen molar-refractivity contribution >= 4 is 17.5 Å². The SMILES string of the molecule is O=C(NCCCn1ccnc1-c1ccccc1)c1ccc(Cl)cc1. The zero-order valence-electron chi connectivity index (χ0n) is 13.2. The fraction of sp³-hybridized carbons (Fsp3) is 0.158. The number of imidazole rings is 1. The summed E-state index contributed by atoms with van der Waals surface area (Å²) in [6.45, 7) is 1.40. The molecular weight excluding hydrogens is 322 g/mol. The van der Waals surface area contributed by atoms with Gasteiger partial charge in [0.05, 0.1) is 0 Å². The second-order valence-electron chi connectivity index (χ2n) is 5.43. The average molecular weight is 340 g/mol. The first-order chi connectivity index (χ1) is 11.7. The molecule has 1 N–H and O–H groups in total. The maximum Gasteiger partial charge on any atom is 0.251 e. The Hall–Kier alpha value is -2.59. The molecule has 0 aliphatic carbocycles. The smallest absolute Gasteiger partial charge is 0.251 e. The fourth-order valence-electron chi connectivity index (χ4n) is 2.49. The number of aromatic nitrogens is 2. The number of benzene rings is 2. The summed E-state index contributed by atoms with van der Waals surface area (Å²) in [7, 11) is 0. The molecule has 0 spiro atoms. The van der Waals surface area contributed by atoms with E-state index in [1.54, 1.807) is 30.5 Å². The van der Waals surface area contributed by atoms with Crippen LogP contribution >= 0.6 is 11.6 Å². The number of rotatable bonds is 6. The molecule has 3 rings (SSSR count). The van der Waals surface area contributed by atoms with Crippen LogP contribution in [0.25, 0.3) is 11.4 Å². The Morgan fingerprint density at radius 2 is 1.83 bits per heavy atom. The first-order valence-corrected chi connectivity index (χ1v) is 8.22. The highest BCUT2D eigenvalue weighted by Crippen LogP contribution is 2.16. The Balaban J connectivity index is 1.52. The van der Waals surface area contributed by atoms with Gasteiger partial charge in [0.1, 0.15) is 5.82 Å². The molecule has 0 unspecified atom stereocenters. The van der Waals surface area contributed by atoms with E-state index in [2.05, 4.69) is 14.9 Å². The maximum atomic E-state index is 12.0. The summed E-state index contributed by atoms with van der Waals surface area (Å²) in [6.07, 6.45) is 4.59. The van der Waals surface area contributed by atoms with E-state index in [0.29, 0.717) is 17.1 Å². The fourth-order valence-corrected chi connectivity index (χ4v) is 2.62. The summed E-state index contributed by atoms with van der Waals surface area (Å²) < 4.78 is 2.10. The van der Waals surface area contributed by atoms with Gasteiger partial charge in [-0.25, -0.2) is 4.98 Å². The largest absolute Gasteiger partial charge is 0.352 e. The molecule has 0 aliphatic heterocycles. The van der Waals surface area contributed by atoms with Gasteiger partial charge in [0.15, 0.2) is 0 Å². The minimum absolute atomic E-state index is 0.0828. The zero-order chi connectivity index (χ0) is 16.8. The Kier molecular flexibility index (Phi) is 5.29. The second kappa shape index (κ2) is 7.79. The van der Waals surface area contributed by atoms with Crippen molar-refractivity contribution in [3.63, 3.8) is 0 Å². The van der Waals surface area contributed by atoms with Crippen molar-refractivity contribution in [2.45, 2.75) is 13.0 Å². The molecular formula is C19H18ClN3O. The van der Waals surface area contributed by atoms with Crippen LogP contribution in [0.5, 0.6) is 0 Å². The van der Waals surface area contributed by atoms with E-state index in [1.165, 1.54) is 0 Å². The van der Waals surface area contributed by atoms with Crippen molar-refractivity contribution in [1.82, 2.24) is 14.9 Å². The lowest BCUT2D eigenvalue weighted by Gasteiger charge is -2.09. The van der Waals surface area contributed by atoms with Gasteiger partial charge in [0.2, 0.25) is 0 Å². The quantitative estimate of drug-likeness (QED) is 0.689. The van der Waals surface area contributed by atoms with Gasteiger partial charge in [-0.1, -0.05) is 41.9 Å². The lowest BCUT2D eigenvalue weighted by molar-refractivity contribution is 0.0953. The van der Waals surface area contributed by atoms with Crippen molar-refractivity contribution in [1.29, 1.82) is 0 Å². The number of halogens is 1. The minimum atomic E-state index is -0.0828. The molecule has 4 nitrogen and oxygen atoms in total. The summed E-state index contributed by atoms with van der Waals surface area (Å²) >= 11 is 5.83. The Bertz CT molecular complexity index is 797. The number of carbonyl (C=O) groups excluding carboxylic acids is 1. The van der Waals surface area contributed by atoms with Crippen LogP contribution < -0.4 is 5.32 Å². The maximum absolute atomic E-state index is 12.0. The van der Waals surface area contributed by atoms with Crippen molar-refractivity contribution in [3.05, 3.63) is 77.6 Å². The molecule has 0 fully saturated rings. The predicted molar refractivity (Wildman–Crippen MR) is 96.1 cm³/mol. The van der Waals surface area contributed by atoms with Crippen LogP contribution in [0, 0.1) is 0 Å². The van der Waals surface area contributed by atoms with E-state index in [4.69, 9.17) is 11.6 Å². The van der Waals surface area contributed by atoms with Gasteiger partial charge >= 0.3 is 0 Å². The molecule has 0 saturated heterocycles. The lowest BCUT2D eigenvalue weighted by Crippen LogP contribution is -2.25. The molecule has 24 heavy (non-hydrogen) atoms. The Morgan fingerprint density at radius 1 is 1.08 bits per heavy atom. The standard InChI is InChI=1S/C19H18ClN3O/c20-17-9-7-16(8-10-17)19(24)22-11-4-13-23-14-12-21-18(23)15-5-2-1-3-6-15/h1-3,5-10,12,14H,4,11,13H2,(H,22,24). The van der Waals surface area contributed by atoms with Gasteiger partial charge < -0.3 is 9.88 Å². The van der Waals surface area contributed by atoms with Crippen molar-refractivity contribution in [2.75, 3.05) is 6.54 Å². The van der Waals surface area contributed by atoms with Crippen molar-refractivity contribution < 1.29 is 4.79 Å². The molecule has 0 atom stereocenters. The molecule has 5 heteroatoms. The average Bonchev–Trinajstić information content (AvgIpc) is 3.08. The molecule has 0 bridgehead atoms. The van der Waals surface area contributed by atoms with Gasteiger partial charge in [0.25, 0.3) is 5.91 Å². The van der Waals surface area contributed by atoms with E-state index >= 15 is 0 Å². The molecule has 1 heterocycles. The van der Waals surface area contributed by atoms with Crippen LogP contribution in [0.15, 0.2) is 67.0 Å². The van der Waals surface area contributed by atoms with E-state index in [1.807, 2.05) is 36.5 Å². The number of hydrogen-bond acceptors (Lipinski definition) is 2. The molecule has 0 saturated carbocycles. The Labute approximate surface area is 146 Å². The number of nitrogens with one attached hydrogen (secondary N) is 1. The number of aryl methyl sites for hydroxylation is 1. The van der Waals surface area contributed by atoms with Crippen LogP contribution in [0.2, 0.25) is 5.02 Å². The monoisotopic (exact) mass is 339 g/mol. The predicted octanol–water partition coefficient (Wildman–Crippen LogP) is 4.02. The van der Waals surface area contributed by atoms with E-state index in [-0.39, 0.29) is 5.91 Å². The minimum Gasteiger partial charge on any atom is -0.352 e. The van der Waals surface area contributed by atoms with Crippen molar-refractivity contribution in [2.24, 2.45) is 0 Å². The topological polar surface area (TPSA) is 46.9 Å². The molecule has 122 valence electrons. The number of nitrogens with zero attached hydrogens (tertiary/aromatic N) is 2. The van der Waals surface area contributed by atoms with E-state index < -0.39 is 0 Å². The first-order valence-electron chi connectivity index (χ1n) is 7.84. The van der Waals surface area contributed by atoms with Crippen LogP contribution in [0.1, 0.15) is 16.8 Å². The van der Waals surface area contributed by atoms with Crippen LogP contribution in [0.4, 0.5) is 0 Å².